The van der Waals surface area contributed by atoms with Crippen LogP contribution < -0.4 is 5.32 Å². The molecule has 0 spiro atoms. The highest BCUT2D eigenvalue weighted by Gasteiger charge is 2.29. The Bertz CT molecular complexity index is 252. The molecule has 1 amide bonds. The molecule has 1 aliphatic heterocycles. The van der Waals surface area contributed by atoms with E-state index in [2.05, 4.69) is 44.8 Å². The Hall–Kier alpha value is -0.610. The lowest BCUT2D eigenvalue weighted by Gasteiger charge is -2.40. The Balaban J connectivity index is 2.59. The monoisotopic (exact) mass is 241 g/mol. The molecule has 4 nitrogen and oxygen atoms in total. The maximum Gasteiger partial charge on any atom is 0.237 e. The van der Waals surface area contributed by atoms with Gasteiger partial charge in [-0.25, -0.2) is 0 Å². The van der Waals surface area contributed by atoms with Crippen LogP contribution in [0.1, 0.15) is 34.6 Å². The minimum atomic E-state index is -0.0979. The zero-order valence-electron chi connectivity index (χ0n) is 11.9. The predicted octanol–water partition coefficient (Wildman–Crippen LogP) is 0.927. The third-order valence-corrected chi connectivity index (χ3v) is 3.08. The summed E-state index contributed by atoms with van der Waals surface area (Å²) < 4.78 is 0. The maximum atomic E-state index is 12.4. The molecule has 0 unspecified atom stereocenters. The number of nitrogens with one attached hydrogen (secondary N) is 1. The normalized spacial score (nSPS) is 18.5. The summed E-state index contributed by atoms with van der Waals surface area (Å²) in [7, 11) is 0. The Kier molecular flexibility index (Phi) is 4.95. The number of hydrogen-bond acceptors (Lipinski definition) is 3. The van der Waals surface area contributed by atoms with E-state index in [0.29, 0.717) is 6.54 Å². The van der Waals surface area contributed by atoms with Gasteiger partial charge in [0, 0.05) is 37.8 Å². The predicted molar refractivity (Wildman–Crippen MR) is 71.0 cm³/mol. The lowest BCUT2D eigenvalue weighted by Crippen LogP contribution is -2.54. The zero-order chi connectivity index (χ0) is 13.1. The van der Waals surface area contributed by atoms with Gasteiger partial charge in [0.25, 0.3) is 0 Å². The van der Waals surface area contributed by atoms with Crippen LogP contribution >= 0.6 is 0 Å². The highest BCUT2D eigenvalue weighted by atomic mass is 16.2. The Labute approximate surface area is 105 Å². The van der Waals surface area contributed by atoms with Crippen LogP contribution in [-0.4, -0.2) is 60.0 Å². The van der Waals surface area contributed by atoms with Crippen molar-refractivity contribution in [2.45, 2.75) is 46.2 Å². The van der Waals surface area contributed by atoms with Crippen LogP contribution in [-0.2, 0) is 4.79 Å². The summed E-state index contributed by atoms with van der Waals surface area (Å²) in [6, 6.07) is 0.255. The summed E-state index contributed by atoms with van der Waals surface area (Å²) in [6.45, 7) is 14.9. The third-order valence-electron chi connectivity index (χ3n) is 3.08. The van der Waals surface area contributed by atoms with Crippen molar-refractivity contribution in [3.8, 4) is 0 Å². The highest BCUT2D eigenvalue weighted by molar-refractivity contribution is 5.79. The number of carbonyl (C=O) groups excluding carboxylic acids is 1. The summed E-state index contributed by atoms with van der Waals surface area (Å²) in [4.78, 5) is 16.6. The smallest absolute Gasteiger partial charge is 0.237 e. The number of hydrogen-bond donors (Lipinski definition) is 1. The largest absolute Gasteiger partial charge is 0.334 e. The number of amides is 1. The molecule has 1 aliphatic rings. The zero-order valence-corrected chi connectivity index (χ0v) is 11.9. The van der Waals surface area contributed by atoms with Crippen molar-refractivity contribution < 1.29 is 4.79 Å². The highest BCUT2D eigenvalue weighted by Crippen LogP contribution is 2.17. The molecule has 1 rings (SSSR count). The summed E-state index contributed by atoms with van der Waals surface area (Å²) in [5.41, 5.74) is -0.0979. The van der Waals surface area contributed by atoms with E-state index in [1.54, 1.807) is 0 Å². The van der Waals surface area contributed by atoms with Crippen molar-refractivity contribution in [3.63, 3.8) is 0 Å². The number of piperazine rings is 1. The van der Waals surface area contributed by atoms with Crippen LogP contribution in [0.3, 0.4) is 0 Å². The topological polar surface area (TPSA) is 35.6 Å². The van der Waals surface area contributed by atoms with E-state index < -0.39 is 0 Å². The van der Waals surface area contributed by atoms with Crippen LogP contribution in [0.5, 0.6) is 0 Å². The Morgan fingerprint density at radius 1 is 1.29 bits per heavy atom. The quantitative estimate of drug-likeness (QED) is 0.798. The van der Waals surface area contributed by atoms with Gasteiger partial charge in [0.15, 0.2) is 0 Å². The van der Waals surface area contributed by atoms with Gasteiger partial charge in [-0.1, -0.05) is 0 Å². The molecular formula is C13H27N3O. The fourth-order valence-corrected chi connectivity index (χ4v) is 2.57. The molecule has 0 aliphatic carbocycles. The van der Waals surface area contributed by atoms with E-state index >= 15 is 0 Å². The van der Waals surface area contributed by atoms with E-state index in [-0.39, 0.29) is 17.5 Å². The van der Waals surface area contributed by atoms with Gasteiger partial charge in [0.2, 0.25) is 5.91 Å². The molecule has 0 saturated carbocycles. The average molecular weight is 241 g/mol. The Morgan fingerprint density at radius 3 is 2.24 bits per heavy atom. The van der Waals surface area contributed by atoms with Crippen molar-refractivity contribution in [1.29, 1.82) is 0 Å². The molecule has 17 heavy (non-hydrogen) atoms. The van der Waals surface area contributed by atoms with Crippen molar-refractivity contribution in [3.05, 3.63) is 0 Å². The summed E-state index contributed by atoms with van der Waals surface area (Å²) in [5.74, 6) is 0.245. The minimum Gasteiger partial charge on any atom is -0.334 e. The van der Waals surface area contributed by atoms with E-state index in [0.717, 1.165) is 26.2 Å². The molecule has 1 N–H and O–H groups in total. The molecule has 0 aromatic heterocycles. The van der Waals surface area contributed by atoms with Gasteiger partial charge in [-0.15, -0.1) is 0 Å². The first kappa shape index (κ1) is 14.5. The minimum absolute atomic E-state index is 0.0979. The maximum absolute atomic E-state index is 12.4. The molecule has 0 aromatic rings. The third kappa shape index (κ3) is 4.28. The van der Waals surface area contributed by atoms with Gasteiger partial charge >= 0.3 is 0 Å². The summed E-state index contributed by atoms with van der Waals surface area (Å²) in [6.07, 6.45) is 0. The van der Waals surface area contributed by atoms with Crippen LogP contribution in [0, 0.1) is 0 Å². The number of rotatable bonds is 3. The first-order valence-electron chi connectivity index (χ1n) is 6.57. The lowest BCUT2D eigenvalue weighted by molar-refractivity contribution is -0.139. The van der Waals surface area contributed by atoms with E-state index in [4.69, 9.17) is 0 Å². The van der Waals surface area contributed by atoms with Gasteiger partial charge < -0.3 is 10.2 Å². The molecule has 1 heterocycles. The number of carbonyl (C=O) groups is 1. The first-order valence-corrected chi connectivity index (χ1v) is 6.57. The van der Waals surface area contributed by atoms with Crippen molar-refractivity contribution in [2.75, 3.05) is 32.7 Å². The van der Waals surface area contributed by atoms with Crippen molar-refractivity contribution >= 4 is 5.91 Å². The summed E-state index contributed by atoms with van der Waals surface area (Å²) >= 11 is 0. The molecule has 1 saturated heterocycles. The summed E-state index contributed by atoms with van der Waals surface area (Å²) in [5, 5.41) is 3.30. The van der Waals surface area contributed by atoms with Gasteiger partial charge in [-0.05, 0) is 34.6 Å². The standard InChI is InChI=1S/C13H27N3O/c1-11(2)16(13(3,4)5)12(17)10-15-8-6-14-7-9-15/h11,14H,6-10H2,1-5H3. The van der Waals surface area contributed by atoms with Crippen molar-refractivity contribution in [2.24, 2.45) is 0 Å². The molecule has 0 atom stereocenters. The fourth-order valence-electron chi connectivity index (χ4n) is 2.57. The van der Waals surface area contributed by atoms with E-state index in [9.17, 15) is 4.79 Å². The fraction of sp³-hybridized carbons (Fsp3) is 0.923. The molecule has 0 aromatic carbocycles. The second-order valence-corrected chi connectivity index (χ2v) is 6.05. The first-order chi connectivity index (χ1) is 7.82. The second kappa shape index (κ2) is 5.83. The van der Waals surface area contributed by atoms with Gasteiger partial charge in [0.1, 0.15) is 0 Å². The van der Waals surface area contributed by atoms with Crippen LogP contribution in [0.2, 0.25) is 0 Å². The lowest BCUT2D eigenvalue weighted by atomic mass is 10.0. The van der Waals surface area contributed by atoms with Crippen molar-refractivity contribution in [1.82, 2.24) is 15.1 Å². The van der Waals surface area contributed by atoms with Gasteiger partial charge in [-0.3, -0.25) is 9.69 Å². The molecule has 0 bridgehead atoms. The second-order valence-electron chi connectivity index (χ2n) is 6.05. The molecule has 0 radical (unpaired) electrons. The van der Waals surface area contributed by atoms with Crippen LogP contribution in [0.25, 0.3) is 0 Å². The van der Waals surface area contributed by atoms with Gasteiger partial charge in [0.05, 0.1) is 6.54 Å². The molecule has 100 valence electrons. The van der Waals surface area contributed by atoms with E-state index in [1.165, 1.54) is 0 Å². The number of nitrogens with zero attached hydrogens (tertiary/aromatic N) is 2. The van der Waals surface area contributed by atoms with Crippen LogP contribution in [0.4, 0.5) is 0 Å². The molecule has 4 heteroatoms. The molecule has 1 fully saturated rings. The van der Waals surface area contributed by atoms with Crippen LogP contribution in [0.15, 0.2) is 0 Å². The average Bonchev–Trinajstić information content (AvgIpc) is 2.15. The van der Waals surface area contributed by atoms with Gasteiger partial charge in [-0.2, -0.15) is 0 Å². The molecular weight excluding hydrogens is 214 g/mol. The van der Waals surface area contributed by atoms with E-state index in [1.807, 2.05) is 4.90 Å². The SMILES string of the molecule is CC(C)N(C(=O)CN1CCNCC1)C(C)(C)C. The Morgan fingerprint density at radius 2 is 1.82 bits per heavy atom.